The van der Waals surface area contributed by atoms with Gasteiger partial charge in [0, 0.05) is 6.20 Å². The molecule has 1 saturated heterocycles. The lowest BCUT2D eigenvalue weighted by molar-refractivity contribution is -0.239. The van der Waals surface area contributed by atoms with Gasteiger partial charge in [-0.2, -0.15) is 9.37 Å². The smallest absolute Gasteiger partial charge is 0.354 e. The SMILES string of the molecule is Cl.Nc1ccn([C@]2(F)O[C@H](CO)[C@@H](O)[C@H]2O)c(=O)n1. The molecular weight excluding hydrogens is 285 g/mol. The highest BCUT2D eigenvalue weighted by Gasteiger charge is 2.57. The van der Waals surface area contributed by atoms with Gasteiger partial charge in [0.25, 0.3) is 0 Å². The topological polar surface area (TPSA) is 131 Å². The second-order valence-corrected chi connectivity index (χ2v) is 3.89. The number of alkyl halides is 1. The fraction of sp³-hybridized carbons (Fsp3) is 0.556. The quantitative estimate of drug-likeness (QED) is 0.493. The molecule has 0 radical (unpaired) electrons. The van der Waals surface area contributed by atoms with Crippen molar-refractivity contribution in [1.82, 2.24) is 9.55 Å². The van der Waals surface area contributed by atoms with Crippen molar-refractivity contribution >= 4 is 18.2 Å². The predicted molar refractivity (Wildman–Crippen MR) is 63.2 cm³/mol. The molecule has 0 amide bonds. The molecule has 0 bridgehead atoms. The molecule has 2 rings (SSSR count). The Hall–Kier alpha value is -1.26. The number of ether oxygens (including phenoxy) is 1. The third-order valence-corrected chi connectivity index (χ3v) is 2.72. The molecule has 0 aromatic carbocycles. The van der Waals surface area contributed by atoms with Gasteiger partial charge in [-0.3, -0.25) is 0 Å². The monoisotopic (exact) mass is 297 g/mol. The maximum Gasteiger partial charge on any atom is 0.354 e. The van der Waals surface area contributed by atoms with Crippen LogP contribution >= 0.6 is 12.4 Å². The van der Waals surface area contributed by atoms with Crippen LogP contribution in [0.15, 0.2) is 17.1 Å². The number of halogens is 2. The number of rotatable bonds is 2. The van der Waals surface area contributed by atoms with Crippen LogP contribution in [0.3, 0.4) is 0 Å². The molecule has 10 heteroatoms. The molecule has 8 nitrogen and oxygen atoms in total. The number of hydrogen-bond acceptors (Lipinski definition) is 7. The van der Waals surface area contributed by atoms with Gasteiger partial charge >= 0.3 is 11.7 Å². The number of nitrogens with two attached hydrogens (primary N) is 1. The lowest BCUT2D eigenvalue weighted by Crippen LogP contribution is -2.47. The van der Waals surface area contributed by atoms with Crippen molar-refractivity contribution in [2.75, 3.05) is 12.3 Å². The Labute approximate surface area is 112 Å². The zero-order valence-electron chi connectivity index (χ0n) is 9.51. The Morgan fingerprint density at radius 2 is 2.21 bits per heavy atom. The van der Waals surface area contributed by atoms with Crippen molar-refractivity contribution in [2.45, 2.75) is 24.3 Å². The van der Waals surface area contributed by atoms with Crippen molar-refractivity contribution in [1.29, 1.82) is 0 Å². The van der Waals surface area contributed by atoms with Crippen LogP contribution in [0.25, 0.3) is 0 Å². The van der Waals surface area contributed by atoms with Gasteiger partial charge in [-0.25, -0.2) is 9.36 Å². The van der Waals surface area contributed by atoms with Gasteiger partial charge in [0.2, 0.25) is 0 Å². The van der Waals surface area contributed by atoms with E-state index >= 15 is 0 Å². The third kappa shape index (κ3) is 2.42. The Bertz CT molecular complexity index is 515. The summed E-state index contributed by atoms with van der Waals surface area (Å²) in [4.78, 5) is 14.8. The summed E-state index contributed by atoms with van der Waals surface area (Å²) in [5.41, 5.74) is 4.16. The molecular formula is C9H13ClFN3O5. The first-order valence-corrected chi connectivity index (χ1v) is 5.09. The normalized spacial score (nSPS) is 34.0. The number of anilines is 1. The predicted octanol–water partition coefficient (Wildman–Crippen LogP) is -2.06. The van der Waals surface area contributed by atoms with Gasteiger partial charge in [-0.1, -0.05) is 0 Å². The highest BCUT2D eigenvalue weighted by Crippen LogP contribution is 2.35. The van der Waals surface area contributed by atoms with Gasteiger partial charge in [-0.05, 0) is 6.07 Å². The van der Waals surface area contributed by atoms with Crippen LogP contribution in [0.4, 0.5) is 10.2 Å². The Balaban J connectivity index is 0.00000180. The van der Waals surface area contributed by atoms with Crippen LogP contribution in [-0.4, -0.2) is 49.8 Å². The van der Waals surface area contributed by atoms with E-state index in [1.165, 1.54) is 0 Å². The first-order valence-electron chi connectivity index (χ1n) is 5.09. The number of nitrogen functional groups attached to an aromatic ring is 1. The molecule has 1 aliphatic heterocycles. The van der Waals surface area contributed by atoms with Crippen LogP contribution in [0.1, 0.15) is 0 Å². The summed E-state index contributed by atoms with van der Waals surface area (Å²) < 4.78 is 19.5. The average molecular weight is 298 g/mol. The fourth-order valence-corrected chi connectivity index (χ4v) is 1.76. The van der Waals surface area contributed by atoms with E-state index in [0.717, 1.165) is 12.3 Å². The van der Waals surface area contributed by atoms with Gasteiger partial charge in [-0.15, -0.1) is 12.4 Å². The van der Waals surface area contributed by atoms with E-state index in [1.54, 1.807) is 0 Å². The number of aliphatic hydroxyl groups excluding tert-OH is 3. The summed E-state index contributed by atoms with van der Waals surface area (Å²) in [6, 6.07) is 1.14. The van der Waals surface area contributed by atoms with Crippen LogP contribution in [0.5, 0.6) is 0 Å². The van der Waals surface area contributed by atoms with Crippen molar-refractivity contribution in [3.05, 3.63) is 22.7 Å². The summed E-state index contributed by atoms with van der Waals surface area (Å²) in [6.07, 6.45) is -4.09. The van der Waals surface area contributed by atoms with E-state index in [-0.39, 0.29) is 18.2 Å². The molecule has 1 aliphatic rings. The first kappa shape index (κ1) is 15.8. The molecule has 0 saturated carbocycles. The maximum absolute atomic E-state index is 14.5. The van der Waals surface area contributed by atoms with E-state index in [2.05, 4.69) is 4.98 Å². The highest BCUT2D eigenvalue weighted by molar-refractivity contribution is 5.85. The van der Waals surface area contributed by atoms with E-state index in [9.17, 15) is 19.4 Å². The summed E-state index contributed by atoms with van der Waals surface area (Å²) >= 11 is 0. The second kappa shape index (κ2) is 5.39. The Morgan fingerprint density at radius 1 is 1.58 bits per heavy atom. The van der Waals surface area contributed by atoms with Crippen molar-refractivity contribution in [3.8, 4) is 0 Å². The number of aromatic nitrogens is 2. The lowest BCUT2D eigenvalue weighted by atomic mass is 10.1. The molecule has 108 valence electrons. The Kier molecular flexibility index (Phi) is 4.48. The van der Waals surface area contributed by atoms with Gasteiger partial charge < -0.3 is 25.8 Å². The molecule has 1 aromatic rings. The number of aliphatic hydroxyl groups is 3. The van der Waals surface area contributed by atoms with Crippen molar-refractivity contribution < 1.29 is 24.4 Å². The van der Waals surface area contributed by atoms with E-state index in [1.807, 2.05) is 0 Å². The van der Waals surface area contributed by atoms with Crippen LogP contribution in [0, 0.1) is 0 Å². The van der Waals surface area contributed by atoms with Crippen LogP contribution < -0.4 is 11.4 Å². The summed E-state index contributed by atoms with van der Waals surface area (Å²) in [7, 11) is 0. The van der Waals surface area contributed by atoms with E-state index in [0.29, 0.717) is 4.57 Å². The second-order valence-electron chi connectivity index (χ2n) is 3.89. The average Bonchev–Trinajstić information content (AvgIpc) is 2.54. The van der Waals surface area contributed by atoms with Crippen molar-refractivity contribution in [2.24, 2.45) is 0 Å². The third-order valence-electron chi connectivity index (χ3n) is 2.72. The molecule has 5 N–H and O–H groups in total. The van der Waals surface area contributed by atoms with Crippen LogP contribution in [-0.2, 0) is 10.7 Å². The highest BCUT2D eigenvalue weighted by atomic mass is 35.5. The standard InChI is InChI=1S/C9H12FN3O5.ClH/c10-9(7(16)6(15)4(3-14)18-9)13-2-1-5(11)12-8(13)17;/h1-2,4,6-7,14-16H,3H2,(H2,11,12,17);1H/t4-,6-,7-,9+;/m1./s1. The molecule has 0 unspecified atom stereocenters. The zero-order chi connectivity index (χ0) is 13.5. The number of nitrogens with zero attached hydrogens (tertiary/aromatic N) is 2. The summed E-state index contributed by atoms with van der Waals surface area (Å²) in [5.74, 6) is -3.11. The largest absolute Gasteiger partial charge is 0.394 e. The minimum atomic E-state index is -3.00. The fourth-order valence-electron chi connectivity index (χ4n) is 1.76. The minimum Gasteiger partial charge on any atom is -0.394 e. The summed E-state index contributed by atoms with van der Waals surface area (Å²) in [5, 5.41) is 27.9. The van der Waals surface area contributed by atoms with Gasteiger partial charge in [0.15, 0.2) is 6.10 Å². The lowest BCUT2D eigenvalue weighted by Gasteiger charge is -2.24. The zero-order valence-corrected chi connectivity index (χ0v) is 10.3. The van der Waals surface area contributed by atoms with Gasteiger partial charge in [0.05, 0.1) is 6.61 Å². The van der Waals surface area contributed by atoms with Crippen molar-refractivity contribution in [3.63, 3.8) is 0 Å². The molecule has 0 aliphatic carbocycles. The van der Waals surface area contributed by atoms with Gasteiger partial charge in [0.1, 0.15) is 18.0 Å². The first-order chi connectivity index (χ1) is 8.40. The van der Waals surface area contributed by atoms with E-state index in [4.69, 9.17) is 15.6 Å². The molecule has 0 spiro atoms. The molecule has 1 aromatic heterocycles. The van der Waals surface area contributed by atoms with E-state index < -0.39 is 36.6 Å². The number of hydrogen-bond donors (Lipinski definition) is 4. The Morgan fingerprint density at radius 3 is 2.68 bits per heavy atom. The molecule has 4 atom stereocenters. The maximum atomic E-state index is 14.5. The molecule has 19 heavy (non-hydrogen) atoms. The molecule has 1 fully saturated rings. The van der Waals surface area contributed by atoms with Crippen LogP contribution in [0.2, 0.25) is 0 Å². The molecule has 2 heterocycles. The summed E-state index contributed by atoms with van der Waals surface area (Å²) in [6.45, 7) is -0.707. The minimum absolute atomic E-state index is 0.